The number of hydrogen-bond acceptors (Lipinski definition) is 8. The smallest absolute Gasteiger partial charge is 0.267 e. The van der Waals surface area contributed by atoms with E-state index in [2.05, 4.69) is 9.97 Å². The van der Waals surface area contributed by atoms with Gasteiger partial charge in [-0.3, -0.25) is 9.59 Å². The minimum absolute atomic E-state index is 0.0121. The van der Waals surface area contributed by atoms with Crippen molar-refractivity contribution in [2.45, 2.75) is 18.2 Å². The largest absolute Gasteiger partial charge is 0.485 e. The number of benzene rings is 1. The first-order valence-corrected chi connectivity index (χ1v) is 10.7. The van der Waals surface area contributed by atoms with E-state index in [0.29, 0.717) is 48.7 Å². The number of thioether (sulfide) groups is 1. The molecule has 158 valence electrons. The van der Waals surface area contributed by atoms with Gasteiger partial charge < -0.3 is 25.0 Å². The zero-order valence-corrected chi connectivity index (χ0v) is 17.4. The van der Waals surface area contributed by atoms with Crippen LogP contribution in [-0.2, 0) is 9.59 Å². The molecule has 0 saturated carbocycles. The first-order valence-electron chi connectivity index (χ1n) is 9.68. The molecule has 1 saturated heterocycles. The van der Waals surface area contributed by atoms with Gasteiger partial charge in [0.25, 0.3) is 5.91 Å². The molecule has 0 bridgehead atoms. The Bertz CT molecular complexity index is 928. The van der Waals surface area contributed by atoms with Crippen LogP contribution in [0.5, 0.6) is 11.5 Å². The van der Waals surface area contributed by atoms with E-state index in [1.165, 1.54) is 11.8 Å². The van der Waals surface area contributed by atoms with Crippen molar-refractivity contribution in [3.8, 4) is 11.5 Å². The number of para-hydroxylation sites is 2. The van der Waals surface area contributed by atoms with E-state index in [1.54, 1.807) is 21.9 Å². The third kappa shape index (κ3) is 4.59. The topological polar surface area (TPSA) is 111 Å². The third-order valence-corrected chi connectivity index (χ3v) is 5.74. The van der Waals surface area contributed by atoms with Gasteiger partial charge in [0.2, 0.25) is 12.0 Å². The van der Waals surface area contributed by atoms with Crippen molar-refractivity contribution in [3.63, 3.8) is 0 Å². The summed E-state index contributed by atoms with van der Waals surface area (Å²) in [5, 5.41) is 0.490. The van der Waals surface area contributed by atoms with Gasteiger partial charge in [0.05, 0.1) is 5.75 Å². The molecule has 1 unspecified atom stereocenters. The van der Waals surface area contributed by atoms with Crippen LogP contribution in [0.2, 0.25) is 0 Å². The molecule has 2 aliphatic rings. The van der Waals surface area contributed by atoms with Crippen LogP contribution >= 0.6 is 11.8 Å². The van der Waals surface area contributed by atoms with Crippen LogP contribution in [0.1, 0.15) is 5.69 Å². The Hall–Kier alpha value is -3.01. The Balaban J connectivity index is 1.26. The summed E-state index contributed by atoms with van der Waals surface area (Å²) < 4.78 is 11.4. The standard InChI is InChI=1S/C20H23N5O4S/c1-13-10-17(21)23-20(22-13)30-12-18(26)24-6-8-25(9-7-24)19(27)16-11-28-14-4-2-3-5-15(14)29-16/h2-5,10,16H,6-9,11-12H2,1H3,(H2,21,22,23). The number of anilines is 1. The first kappa shape index (κ1) is 20.3. The number of carbonyl (C=O) groups excluding carboxylic acids is 2. The van der Waals surface area contributed by atoms with E-state index in [9.17, 15) is 9.59 Å². The van der Waals surface area contributed by atoms with Crippen LogP contribution in [0.4, 0.5) is 5.82 Å². The fourth-order valence-electron chi connectivity index (χ4n) is 3.37. The molecule has 1 atom stereocenters. The molecule has 1 aromatic heterocycles. The normalized spacial score (nSPS) is 18.2. The number of carbonyl (C=O) groups is 2. The molecule has 1 fully saturated rings. The van der Waals surface area contributed by atoms with Gasteiger partial charge in [-0.2, -0.15) is 0 Å². The summed E-state index contributed by atoms with van der Waals surface area (Å²) in [6, 6.07) is 8.98. The Kier molecular flexibility index (Phi) is 5.93. The number of nitrogens with two attached hydrogens (primary N) is 1. The quantitative estimate of drug-likeness (QED) is 0.565. The predicted molar refractivity (Wildman–Crippen MR) is 111 cm³/mol. The van der Waals surface area contributed by atoms with Crippen molar-refractivity contribution in [2.75, 3.05) is 44.3 Å². The molecule has 30 heavy (non-hydrogen) atoms. The molecular formula is C20H23N5O4S. The monoisotopic (exact) mass is 429 g/mol. The van der Waals surface area contributed by atoms with Crippen molar-refractivity contribution in [3.05, 3.63) is 36.0 Å². The Morgan fingerprint density at radius 2 is 1.83 bits per heavy atom. The Morgan fingerprint density at radius 1 is 1.13 bits per heavy atom. The fraction of sp³-hybridized carbons (Fsp3) is 0.400. The lowest BCUT2D eigenvalue weighted by Gasteiger charge is -2.37. The molecule has 2 aliphatic heterocycles. The van der Waals surface area contributed by atoms with Crippen LogP contribution in [-0.4, -0.2) is 76.2 Å². The lowest BCUT2D eigenvalue weighted by Crippen LogP contribution is -2.55. The second-order valence-electron chi connectivity index (χ2n) is 7.08. The lowest BCUT2D eigenvalue weighted by atomic mass is 10.2. The molecule has 1 aromatic carbocycles. The number of aryl methyl sites for hydroxylation is 1. The van der Waals surface area contributed by atoms with Gasteiger partial charge in [0.1, 0.15) is 12.4 Å². The minimum Gasteiger partial charge on any atom is -0.485 e. The highest BCUT2D eigenvalue weighted by Gasteiger charge is 2.33. The van der Waals surface area contributed by atoms with Gasteiger partial charge in [-0.25, -0.2) is 9.97 Å². The lowest BCUT2D eigenvalue weighted by molar-refractivity contribution is -0.145. The minimum atomic E-state index is -0.665. The van der Waals surface area contributed by atoms with Crippen LogP contribution in [0, 0.1) is 6.92 Å². The number of aromatic nitrogens is 2. The SMILES string of the molecule is Cc1cc(N)nc(SCC(=O)N2CCN(C(=O)C3COc4ccccc4O3)CC2)n1. The number of nitrogens with zero attached hydrogens (tertiary/aromatic N) is 4. The van der Waals surface area contributed by atoms with Gasteiger partial charge in [-0.15, -0.1) is 0 Å². The maximum Gasteiger partial charge on any atom is 0.267 e. The number of nitrogen functional groups attached to an aromatic ring is 1. The highest BCUT2D eigenvalue weighted by atomic mass is 32.2. The predicted octanol–water partition coefficient (Wildman–Crippen LogP) is 0.970. The van der Waals surface area contributed by atoms with Crippen molar-refractivity contribution in [1.82, 2.24) is 19.8 Å². The third-order valence-electron chi connectivity index (χ3n) is 4.91. The van der Waals surface area contributed by atoms with E-state index >= 15 is 0 Å². The Labute approximate surface area is 178 Å². The number of hydrogen-bond donors (Lipinski definition) is 1. The average molecular weight is 430 g/mol. The molecule has 0 radical (unpaired) electrons. The number of fused-ring (bicyclic) bond motifs is 1. The van der Waals surface area contributed by atoms with Gasteiger partial charge in [0, 0.05) is 37.9 Å². The number of ether oxygens (including phenoxy) is 2. The summed E-state index contributed by atoms with van der Waals surface area (Å²) in [5.74, 6) is 1.71. The molecule has 4 rings (SSSR count). The van der Waals surface area contributed by atoms with Crippen molar-refractivity contribution in [1.29, 1.82) is 0 Å². The summed E-state index contributed by atoms with van der Waals surface area (Å²) in [5.41, 5.74) is 6.49. The van der Waals surface area contributed by atoms with Crippen LogP contribution in [0.15, 0.2) is 35.5 Å². The molecule has 0 aliphatic carbocycles. The number of amides is 2. The maximum absolute atomic E-state index is 12.8. The van der Waals surface area contributed by atoms with E-state index < -0.39 is 6.10 Å². The molecular weight excluding hydrogens is 406 g/mol. The second-order valence-corrected chi connectivity index (χ2v) is 8.02. The number of piperazine rings is 1. The van der Waals surface area contributed by atoms with Gasteiger partial charge >= 0.3 is 0 Å². The highest BCUT2D eigenvalue weighted by molar-refractivity contribution is 7.99. The zero-order valence-electron chi connectivity index (χ0n) is 16.6. The van der Waals surface area contributed by atoms with Gasteiger partial charge in [-0.1, -0.05) is 23.9 Å². The summed E-state index contributed by atoms with van der Waals surface area (Å²) in [6.45, 7) is 3.90. The van der Waals surface area contributed by atoms with Gasteiger partial charge in [-0.05, 0) is 19.1 Å². The van der Waals surface area contributed by atoms with Crippen molar-refractivity contribution >= 4 is 29.4 Å². The van der Waals surface area contributed by atoms with Gasteiger partial charge in [0.15, 0.2) is 16.7 Å². The zero-order chi connectivity index (χ0) is 21.1. The summed E-state index contributed by atoms with van der Waals surface area (Å²) in [7, 11) is 0. The molecule has 0 spiro atoms. The average Bonchev–Trinajstić information content (AvgIpc) is 2.76. The van der Waals surface area contributed by atoms with Crippen molar-refractivity contribution < 1.29 is 19.1 Å². The summed E-state index contributed by atoms with van der Waals surface area (Å²) in [4.78, 5) is 37.2. The first-order chi connectivity index (χ1) is 14.5. The Morgan fingerprint density at radius 3 is 2.57 bits per heavy atom. The molecule has 2 aromatic rings. The number of rotatable bonds is 4. The summed E-state index contributed by atoms with van der Waals surface area (Å²) in [6.07, 6.45) is -0.665. The van der Waals surface area contributed by atoms with Crippen LogP contribution in [0.25, 0.3) is 0 Å². The second kappa shape index (κ2) is 8.78. The molecule has 9 nitrogen and oxygen atoms in total. The molecule has 10 heteroatoms. The van der Waals surface area contributed by atoms with Crippen LogP contribution < -0.4 is 15.2 Å². The summed E-state index contributed by atoms with van der Waals surface area (Å²) >= 11 is 1.26. The van der Waals surface area contributed by atoms with E-state index in [-0.39, 0.29) is 24.2 Å². The fourth-order valence-corrected chi connectivity index (χ4v) is 4.18. The maximum atomic E-state index is 12.8. The van der Waals surface area contributed by atoms with E-state index in [4.69, 9.17) is 15.2 Å². The highest BCUT2D eigenvalue weighted by Crippen LogP contribution is 2.31. The van der Waals surface area contributed by atoms with E-state index in [0.717, 1.165) is 5.69 Å². The van der Waals surface area contributed by atoms with E-state index in [1.807, 2.05) is 25.1 Å². The van der Waals surface area contributed by atoms with Crippen LogP contribution in [0.3, 0.4) is 0 Å². The van der Waals surface area contributed by atoms with Crippen molar-refractivity contribution in [2.24, 2.45) is 0 Å². The molecule has 2 amide bonds. The molecule has 2 N–H and O–H groups in total. The molecule has 3 heterocycles.